The molecule has 1 aromatic carbocycles. The van der Waals surface area contributed by atoms with E-state index in [2.05, 4.69) is 10.4 Å². The van der Waals surface area contributed by atoms with Gasteiger partial charge in [-0.15, -0.1) is 0 Å². The fourth-order valence-electron chi connectivity index (χ4n) is 4.03. The minimum atomic E-state index is -0.684. The number of rotatable bonds is 9. The molecule has 2 heterocycles. The van der Waals surface area contributed by atoms with E-state index in [1.807, 2.05) is 20.8 Å². The van der Waals surface area contributed by atoms with Crippen molar-refractivity contribution in [2.24, 2.45) is 0 Å². The van der Waals surface area contributed by atoms with Crippen molar-refractivity contribution in [3.05, 3.63) is 35.7 Å². The number of ether oxygens (including phenoxy) is 3. The summed E-state index contributed by atoms with van der Waals surface area (Å²) in [6.45, 7) is 7.01. The van der Waals surface area contributed by atoms with E-state index >= 15 is 0 Å². The second-order valence-electron chi connectivity index (χ2n) is 9.46. The minimum absolute atomic E-state index is 0.188. The number of aliphatic hydroxyl groups excluding tert-OH is 1. The molecule has 3 rings (SSSR count). The summed E-state index contributed by atoms with van der Waals surface area (Å²) < 4.78 is 17.6. The highest BCUT2D eigenvalue weighted by Gasteiger charge is 2.32. The van der Waals surface area contributed by atoms with Gasteiger partial charge in [-0.3, -0.25) is 9.48 Å². The van der Waals surface area contributed by atoms with Crippen LogP contribution in [0.2, 0.25) is 0 Å². The lowest BCUT2D eigenvalue weighted by molar-refractivity contribution is 0.0526. The van der Waals surface area contributed by atoms with Gasteiger partial charge >= 0.3 is 6.09 Å². The normalized spacial score (nSPS) is 15.4. The maximum absolute atomic E-state index is 13.3. The molecule has 1 atom stereocenters. The van der Waals surface area contributed by atoms with E-state index in [0.29, 0.717) is 54.5 Å². The third-order valence-electron chi connectivity index (χ3n) is 5.68. The van der Waals surface area contributed by atoms with Gasteiger partial charge in [-0.1, -0.05) is 0 Å². The molecule has 10 heteroatoms. The van der Waals surface area contributed by atoms with E-state index in [9.17, 15) is 14.7 Å². The highest BCUT2D eigenvalue weighted by Crippen LogP contribution is 2.36. The SMILES string of the molecule is COc1ccc(C(=O)N2CCC(O)c3c2cnn3CCCCCNC(=O)OC(C)(C)C)cc1OC. The molecule has 0 bridgehead atoms. The number of amides is 2. The van der Waals surface area contributed by atoms with E-state index in [0.717, 1.165) is 19.3 Å². The second kappa shape index (κ2) is 11.4. The molecular weight excluding hydrogens is 452 g/mol. The zero-order valence-corrected chi connectivity index (χ0v) is 21.2. The predicted molar refractivity (Wildman–Crippen MR) is 131 cm³/mol. The molecule has 192 valence electrons. The van der Waals surface area contributed by atoms with E-state index < -0.39 is 17.8 Å². The first-order valence-electron chi connectivity index (χ1n) is 11.9. The van der Waals surface area contributed by atoms with Gasteiger partial charge in [0.25, 0.3) is 5.91 Å². The summed E-state index contributed by atoms with van der Waals surface area (Å²) in [6, 6.07) is 5.05. The van der Waals surface area contributed by atoms with Crippen LogP contribution in [0.15, 0.2) is 24.4 Å². The predicted octanol–water partition coefficient (Wildman–Crippen LogP) is 3.68. The molecule has 1 unspecified atom stereocenters. The van der Waals surface area contributed by atoms with E-state index in [1.165, 1.54) is 7.11 Å². The number of aliphatic hydroxyl groups is 1. The Kier molecular flexibility index (Phi) is 8.61. The van der Waals surface area contributed by atoms with Gasteiger partial charge in [0.1, 0.15) is 5.60 Å². The number of fused-ring (bicyclic) bond motifs is 1. The molecule has 0 fully saturated rings. The zero-order valence-electron chi connectivity index (χ0n) is 21.2. The van der Waals surface area contributed by atoms with Crippen molar-refractivity contribution in [1.82, 2.24) is 15.1 Å². The number of methoxy groups -OCH3 is 2. The number of carbonyl (C=O) groups excluding carboxylic acids is 2. The number of unbranched alkanes of at least 4 members (excludes halogenated alkanes) is 2. The number of hydrogen-bond acceptors (Lipinski definition) is 7. The van der Waals surface area contributed by atoms with Crippen molar-refractivity contribution in [2.45, 2.75) is 64.7 Å². The van der Waals surface area contributed by atoms with Crippen LogP contribution in [0.5, 0.6) is 11.5 Å². The second-order valence-corrected chi connectivity index (χ2v) is 9.46. The number of anilines is 1. The first kappa shape index (κ1) is 26.3. The van der Waals surface area contributed by atoms with Crippen LogP contribution in [0.3, 0.4) is 0 Å². The summed E-state index contributed by atoms with van der Waals surface area (Å²) in [5.74, 6) is 0.840. The molecule has 1 aliphatic heterocycles. The third kappa shape index (κ3) is 6.66. The van der Waals surface area contributed by atoms with Crippen molar-refractivity contribution in [3.63, 3.8) is 0 Å². The maximum atomic E-state index is 13.3. The Morgan fingerprint density at radius 1 is 1.14 bits per heavy atom. The fraction of sp³-hybridized carbons (Fsp3) is 0.560. The molecule has 2 aromatic rings. The lowest BCUT2D eigenvalue weighted by atomic mass is 10.0. The molecule has 35 heavy (non-hydrogen) atoms. The van der Waals surface area contributed by atoms with E-state index in [-0.39, 0.29) is 5.91 Å². The van der Waals surface area contributed by atoms with Crippen molar-refractivity contribution < 1.29 is 28.9 Å². The van der Waals surface area contributed by atoms with Crippen LogP contribution >= 0.6 is 0 Å². The number of nitrogens with zero attached hydrogens (tertiary/aromatic N) is 3. The number of carbonyl (C=O) groups is 2. The number of hydrogen-bond donors (Lipinski definition) is 2. The largest absolute Gasteiger partial charge is 0.493 e. The number of benzene rings is 1. The molecule has 2 N–H and O–H groups in total. The summed E-state index contributed by atoms with van der Waals surface area (Å²) >= 11 is 0. The Hall–Kier alpha value is -3.27. The van der Waals surface area contributed by atoms with Crippen molar-refractivity contribution in [1.29, 1.82) is 0 Å². The van der Waals surface area contributed by atoms with Crippen LogP contribution in [0.25, 0.3) is 0 Å². The number of nitrogens with one attached hydrogen (secondary N) is 1. The quantitative estimate of drug-likeness (QED) is 0.518. The Balaban J connectivity index is 1.59. The molecule has 1 aliphatic rings. The lowest BCUT2D eigenvalue weighted by Crippen LogP contribution is -2.37. The van der Waals surface area contributed by atoms with Crippen LogP contribution in [0.4, 0.5) is 10.5 Å². The lowest BCUT2D eigenvalue weighted by Gasteiger charge is -2.30. The van der Waals surface area contributed by atoms with E-state index in [4.69, 9.17) is 14.2 Å². The fourth-order valence-corrected chi connectivity index (χ4v) is 4.03. The molecule has 1 aromatic heterocycles. The highest BCUT2D eigenvalue weighted by molar-refractivity contribution is 6.07. The van der Waals surface area contributed by atoms with Crippen LogP contribution in [0, 0.1) is 0 Å². The van der Waals surface area contributed by atoms with Crippen LogP contribution in [-0.2, 0) is 11.3 Å². The Morgan fingerprint density at radius 3 is 2.57 bits per heavy atom. The molecule has 0 radical (unpaired) electrons. The molecular formula is C25H36N4O6. The van der Waals surface area contributed by atoms with Gasteiger partial charge in [0.15, 0.2) is 11.5 Å². The van der Waals surface area contributed by atoms with Gasteiger partial charge < -0.3 is 29.5 Å². The van der Waals surface area contributed by atoms with Gasteiger partial charge in [0.2, 0.25) is 0 Å². The summed E-state index contributed by atoms with van der Waals surface area (Å²) in [5, 5.41) is 17.9. The summed E-state index contributed by atoms with van der Waals surface area (Å²) in [7, 11) is 3.07. The number of alkyl carbamates (subject to hydrolysis) is 1. The third-order valence-corrected chi connectivity index (χ3v) is 5.68. The smallest absolute Gasteiger partial charge is 0.407 e. The van der Waals surface area contributed by atoms with Gasteiger partial charge in [0.05, 0.1) is 37.9 Å². The van der Waals surface area contributed by atoms with Crippen molar-refractivity contribution in [3.8, 4) is 11.5 Å². The monoisotopic (exact) mass is 488 g/mol. The summed E-state index contributed by atoms with van der Waals surface area (Å²) in [4.78, 5) is 26.6. The van der Waals surface area contributed by atoms with Crippen LogP contribution in [0.1, 0.15) is 68.6 Å². The summed E-state index contributed by atoms with van der Waals surface area (Å²) in [6.07, 6.45) is 3.46. The van der Waals surface area contributed by atoms with Crippen molar-refractivity contribution in [2.75, 3.05) is 32.2 Å². The average Bonchev–Trinajstić information content (AvgIpc) is 3.24. The van der Waals surface area contributed by atoms with Gasteiger partial charge in [-0.2, -0.15) is 5.10 Å². The van der Waals surface area contributed by atoms with Crippen LogP contribution < -0.4 is 19.7 Å². The molecule has 2 amide bonds. The number of aryl methyl sites for hydroxylation is 1. The zero-order chi connectivity index (χ0) is 25.6. The standard InChI is InChI=1S/C25H36N4O6/c1-25(2,3)35-24(32)26-12-7-6-8-13-29-22-18(16-27-29)28(14-11-19(22)30)23(31)17-9-10-20(33-4)21(15-17)34-5/h9-10,15-16,19,30H,6-8,11-14H2,1-5H3,(H,26,32). The Labute approximate surface area is 206 Å². The molecule has 0 saturated heterocycles. The maximum Gasteiger partial charge on any atom is 0.407 e. The molecule has 0 saturated carbocycles. The minimum Gasteiger partial charge on any atom is -0.493 e. The summed E-state index contributed by atoms with van der Waals surface area (Å²) in [5.41, 5.74) is 1.22. The first-order valence-corrected chi connectivity index (χ1v) is 11.9. The topological polar surface area (TPSA) is 115 Å². The average molecular weight is 489 g/mol. The Morgan fingerprint density at radius 2 is 1.89 bits per heavy atom. The molecule has 10 nitrogen and oxygen atoms in total. The van der Waals surface area contributed by atoms with Gasteiger partial charge in [0, 0.05) is 25.2 Å². The first-order chi connectivity index (χ1) is 16.6. The van der Waals surface area contributed by atoms with Gasteiger partial charge in [-0.25, -0.2) is 4.79 Å². The number of aromatic nitrogens is 2. The highest BCUT2D eigenvalue weighted by atomic mass is 16.6. The van der Waals surface area contributed by atoms with Crippen LogP contribution in [-0.4, -0.2) is 59.8 Å². The van der Waals surface area contributed by atoms with E-state index in [1.54, 1.807) is 41.1 Å². The Bertz CT molecular complexity index is 1030. The molecule has 0 spiro atoms. The van der Waals surface area contributed by atoms with Gasteiger partial charge in [-0.05, 0) is 64.7 Å². The van der Waals surface area contributed by atoms with Crippen molar-refractivity contribution >= 4 is 17.7 Å². The molecule has 0 aliphatic carbocycles.